The molecule has 1 unspecified atom stereocenters. The number of hydrogen-bond donors (Lipinski definition) is 2. The standard InChI is InChI=1S/C17H21ClN4O/c1-4-11(2)20-17(23)15-9-16(22-12(3)21-15)19-10-13-5-7-14(18)8-6-13/h5-9,11H,4,10H2,1-3H3,(H,20,23)(H,19,21,22). The summed E-state index contributed by atoms with van der Waals surface area (Å²) in [5, 5.41) is 6.82. The van der Waals surface area contributed by atoms with E-state index in [4.69, 9.17) is 11.6 Å². The topological polar surface area (TPSA) is 66.9 Å². The van der Waals surface area contributed by atoms with Gasteiger partial charge in [0.25, 0.3) is 5.91 Å². The Bertz CT molecular complexity index is 673. The first-order chi connectivity index (χ1) is 11.0. The monoisotopic (exact) mass is 332 g/mol. The molecule has 2 rings (SSSR count). The van der Waals surface area contributed by atoms with Crippen molar-refractivity contribution in [2.75, 3.05) is 5.32 Å². The second-order valence-corrected chi connectivity index (χ2v) is 5.88. The lowest BCUT2D eigenvalue weighted by atomic mass is 10.2. The number of aromatic nitrogens is 2. The van der Waals surface area contributed by atoms with Gasteiger partial charge in [-0.3, -0.25) is 4.79 Å². The predicted octanol–water partition coefficient (Wildman–Crippen LogP) is 3.58. The Morgan fingerprint density at radius 3 is 2.61 bits per heavy atom. The molecule has 2 aromatic rings. The number of carbonyl (C=O) groups is 1. The Kier molecular flexibility index (Phi) is 5.93. The maximum atomic E-state index is 12.2. The highest BCUT2D eigenvalue weighted by Crippen LogP contribution is 2.12. The van der Waals surface area contributed by atoms with E-state index >= 15 is 0 Å². The van der Waals surface area contributed by atoms with Crippen LogP contribution in [0, 0.1) is 6.92 Å². The third kappa shape index (κ3) is 5.21. The summed E-state index contributed by atoms with van der Waals surface area (Å²) in [6.45, 7) is 6.36. The van der Waals surface area contributed by atoms with E-state index < -0.39 is 0 Å². The molecule has 1 aromatic carbocycles. The first-order valence-corrected chi connectivity index (χ1v) is 8.00. The van der Waals surface area contributed by atoms with Crippen molar-refractivity contribution >= 4 is 23.3 Å². The Labute approximate surface area is 141 Å². The first-order valence-electron chi connectivity index (χ1n) is 7.62. The molecule has 0 aliphatic carbocycles. The first kappa shape index (κ1) is 17.2. The van der Waals surface area contributed by atoms with Crippen LogP contribution >= 0.6 is 11.6 Å². The van der Waals surface area contributed by atoms with Crippen LogP contribution in [0.3, 0.4) is 0 Å². The van der Waals surface area contributed by atoms with Crippen LogP contribution in [0.15, 0.2) is 30.3 Å². The van der Waals surface area contributed by atoms with Crippen LogP contribution in [0.2, 0.25) is 5.02 Å². The van der Waals surface area contributed by atoms with Crippen molar-refractivity contribution in [1.82, 2.24) is 15.3 Å². The highest BCUT2D eigenvalue weighted by Gasteiger charge is 2.12. The Hall–Kier alpha value is -2.14. The lowest BCUT2D eigenvalue weighted by Crippen LogP contribution is -2.32. The van der Waals surface area contributed by atoms with Crippen molar-refractivity contribution in [1.29, 1.82) is 0 Å². The summed E-state index contributed by atoms with van der Waals surface area (Å²) in [6.07, 6.45) is 0.872. The van der Waals surface area contributed by atoms with E-state index in [2.05, 4.69) is 20.6 Å². The molecule has 5 nitrogen and oxygen atoms in total. The fraction of sp³-hybridized carbons (Fsp3) is 0.353. The van der Waals surface area contributed by atoms with Gasteiger partial charge in [-0.05, 0) is 38.0 Å². The van der Waals surface area contributed by atoms with Gasteiger partial charge in [-0.1, -0.05) is 30.7 Å². The van der Waals surface area contributed by atoms with Gasteiger partial charge in [0.1, 0.15) is 17.3 Å². The smallest absolute Gasteiger partial charge is 0.270 e. The molecule has 0 spiro atoms. The fourth-order valence-electron chi connectivity index (χ4n) is 1.97. The molecule has 122 valence electrons. The normalized spacial score (nSPS) is 11.8. The maximum absolute atomic E-state index is 12.2. The average molecular weight is 333 g/mol. The Morgan fingerprint density at radius 1 is 1.26 bits per heavy atom. The highest BCUT2D eigenvalue weighted by molar-refractivity contribution is 6.30. The van der Waals surface area contributed by atoms with Gasteiger partial charge in [-0.2, -0.15) is 0 Å². The van der Waals surface area contributed by atoms with Gasteiger partial charge in [0.2, 0.25) is 0 Å². The van der Waals surface area contributed by atoms with E-state index in [9.17, 15) is 4.79 Å². The zero-order valence-corrected chi connectivity index (χ0v) is 14.3. The highest BCUT2D eigenvalue weighted by atomic mass is 35.5. The maximum Gasteiger partial charge on any atom is 0.270 e. The molecule has 0 radical (unpaired) electrons. The second kappa shape index (κ2) is 7.92. The summed E-state index contributed by atoms with van der Waals surface area (Å²) in [6, 6.07) is 9.35. The molecule has 0 fully saturated rings. The molecule has 0 bridgehead atoms. The molecular formula is C17H21ClN4O. The largest absolute Gasteiger partial charge is 0.366 e. The predicted molar refractivity (Wildman–Crippen MR) is 92.8 cm³/mol. The van der Waals surface area contributed by atoms with Crippen molar-refractivity contribution in [2.24, 2.45) is 0 Å². The lowest BCUT2D eigenvalue weighted by molar-refractivity contribution is 0.0934. The number of rotatable bonds is 6. The molecule has 1 amide bonds. The minimum atomic E-state index is -0.181. The third-order valence-electron chi connectivity index (χ3n) is 3.45. The van der Waals surface area contributed by atoms with E-state index in [1.807, 2.05) is 38.1 Å². The van der Waals surface area contributed by atoms with Gasteiger partial charge in [0.15, 0.2) is 0 Å². The van der Waals surface area contributed by atoms with Crippen LogP contribution < -0.4 is 10.6 Å². The summed E-state index contributed by atoms with van der Waals surface area (Å²) in [5.74, 6) is 1.00. The number of aryl methyl sites for hydroxylation is 1. The quantitative estimate of drug-likeness (QED) is 0.848. The van der Waals surface area contributed by atoms with Crippen molar-refractivity contribution in [3.8, 4) is 0 Å². The molecular weight excluding hydrogens is 312 g/mol. The molecule has 1 heterocycles. The number of nitrogens with one attached hydrogen (secondary N) is 2. The number of amides is 1. The van der Waals surface area contributed by atoms with E-state index in [-0.39, 0.29) is 11.9 Å². The lowest BCUT2D eigenvalue weighted by Gasteiger charge is -2.12. The molecule has 1 aromatic heterocycles. The van der Waals surface area contributed by atoms with Gasteiger partial charge >= 0.3 is 0 Å². The minimum Gasteiger partial charge on any atom is -0.366 e. The van der Waals surface area contributed by atoms with Gasteiger partial charge in [-0.15, -0.1) is 0 Å². The average Bonchev–Trinajstić information content (AvgIpc) is 2.53. The molecule has 0 aliphatic heterocycles. The van der Waals surface area contributed by atoms with E-state index in [0.29, 0.717) is 28.9 Å². The summed E-state index contributed by atoms with van der Waals surface area (Å²) < 4.78 is 0. The van der Waals surface area contributed by atoms with Crippen LogP contribution in [0.1, 0.15) is 42.1 Å². The van der Waals surface area contributed by atoms with E-state index in [0.717, 1.165) is 12.0 Å². The van der Waals surface area contributed by atoms with Crippen LogP contribution in [0.25, 0.3) is 0 Å². The van der Waals surface area contributed by atoms with E-state index in [1.54, 1.807) is 13.0 Å². The zero-order chi connectivity index (χ0) is 16.8. The number of hydrogen-bond acceptors (Lipinski definition) is 4. The third-order valence-corrected chi connectivity index (χ3v) is 3.70. The van der Waals surface area contributed by atoms with Gasteiger partial charge < -0.3 is 10.6 Å². The molecule has 23 heavy (non-hydrogen) atoms. The van der Waals surface area contributed by atoms with Gasteiger partial charge in [0.05, 0.1) is 0 Å². The van der Waals surface area contributed by atoms with Crippen molar-refractivity contribution < 1.29 is 4.79 Å². The molecule has 6 heteroatoms. The van der Waals surface area contributed by atoms with Crippen LogP contribution in [0.5, 0.6) is 0 Å². The Balaban J connectivity index is 2.07. The summed E-state index contributed by atoms with van der Waals surface area (Å²) >= 11 is 5.87. The molecule has 0 saturated heterocycles. The molecule has 2 N–H and O–H groups in total. The number of benzene rings is 1. The van der Waals surface area contributed by atoms with Crippen molar-refractivity contribution in [3.05, 3.63) is 52.4 Å². The molecule has 0 aliphatic rings. The number of carbonyl (C=O) groups excluding carboxylic acids is 1. The van der Waals surface area contributed by atoms with Crippen LogP contribution in [-0.4, -0.2) is 21.9 Å². The fourth-order valence-corrected chi connectivity index (χ4v) is 2.10. The summed E-state index contributed by atoms with van der Waals surface area (Å²) in [5.41, 5.74) is 1.45. The van der Waals surface area contributed by atoms with Gasteiger partial charge in [-0.25, -0.2) is 9.97 Å². The van der Waals surface area contributed by atoms with Crippen LogP contribution in [-0.2, 0) is 6.54 Å². The molecule has 0 saturated carbocycles. The van der Waals surface area contributed by atoms with E-state index in [1.165, 1.54) is 0 Å². The van der Waals surface area contributed by atoms with Gasteiger partial charge in [0, 0.05) is 23.7 Å². The zero-order valence-electron chi connectivity index (χ0n) is 13.6. The Morgan fingerprint density at radius 2 is 1.96 bits per heavy atom. The minimum absolute atomic E-state index is 0.114. The second-order valence-electron chi connectivity index (χ2n) is 5.45. The van der Waals surface area contributed by atoms with Crippen LogP contribution in [0.4, 0.5) is 5.82 Å². The number of nitrogens with zero attached hydrogens (tertiary/aromatic N) is 2. The number of halogens is 1. The molecule has 1 atom stereocenters. The van der Waals surface area contributed by atoms with Crippen molar-refractivity contribution in [3.63, 3.8) is 0 Å². The van der Waals surface area contributed by atoms with Crippen molar-refractivity contribution in [2.45, 2.75) is 39.8 Å². The summed E-state index contributed by atoms with van der Waals surface area (Å²) in [7, 11) is 0. The number of anilines is 1. The SMILES string of the molecule is CCC(C)NC(=O)c1cc(NCc2ccc(Cl)cc2)nc(C)n1. The summed E-state index contributed by atoms with van der Waals surface area (Å²) in [4.78, 5) is 20.7.